The van der Waals surface area contributed by atoms with Crippen molar-refractivity contribution in [2.45, 2.75) is 20.3 Å². The van der Waals surface area contributed by atoms with E-state index in [1.165, 1.54) is 0 Å². The number of pyridine rings is 1. The lowest BCUT2D eigenvalue weighted by Crippen LogP contribution is -2.09. The number of hydrogen-bond donors (Lipinski definition) is 1. The van der Waals surface area contributed by atoms with Crippen LogP contribution in [-0.2, 0) is 4.74 Å². The molecular weight excluding hydrogens is 328 g/mol. The molecule has 2 aromatic carbocycles. The monoisotopic (exact) mass is 350 g/mol. The van der Waals surface area contributed by atoms with Gasteiger partial charge in [-0.15, -0.1) is 0 Å². The highest BCUT2D eigenvalue weighted by Gasteiger charge is 2.16. The van der Waals surface area contributed by atoms with Crippen molar-refractivity contribution in [2.75, 3.05) is 18.5 Å². The Morgan fingerprint density at radius 3 is 2.58 bits per heavy atom. The van der Waals surface area contributed by atoms with Gasteiger partial charge in [-0.25, -0.2) is 4.79 Å². The van der Waals surface area contributed by atoms with Crippen LogP contribution in [0.3, 0.4) is 0 Å². The molecule has 134 valence electrons. The maximum atomic E-state index is 12.3. The molecule has 0 aliphatic heterocycles. The van der Waals surface area contributed by atoms with Gasteiger partial charge in [-0.1, -0.05) is 25.1 Å². The van der Waals surface area contributed by atoms with E-state index in [1.807, 2.05) is 48.5 Å². The quantitative estimate of drug-likeness (QED) is 0.611. The first-order valence-electron chi connectivity index (χ1n) is 8.77. The molecule has 1 heterocycles. The van der Waals surface area contributed by atoms with Crippen LogP contribution >= 0.6 is 0 Å². The van der Waals surface area contributed by atoms with Gasteiger partial charge in [-0.2, -0.15) is 0 Å². The minimum absolute atomic E-state index is 0.314. The number of para-hydroxylation sites is 1. The zero-order valence-corrected chi connectivity index (χ0v) is 15.0. The third-order valence-corrected chi connectivity index (χ3v) is 3.87. The Balaban J connectivity index is 1.96. The summed E-state index contributed by atoms with van der Waals surface area (Å²) in [5.41, 5.74) is 2.77. The van der Waals surface area contributed by atoms with Crippen molar-refractivity contribution in [1.82, 2.24) is 4.98 Å². The number of hydrogen-bond acceptors (Lipinski definition) is 5. The first-order chi connectivity index (χ1) is 12.7. The molecule has 0 spiro atoms. The lowest BCUT2D eigenvalue weighted by atomic mass is 10.1. The van der Waals surface area contributed by atoms with Crippen LogP contribution in [0.25, 0.3) is 10.9 Å². The van der Waals surface area contributed by atoms with Gasteiger partial charge in [0.1, 0.15) is 11.3 Å². The summed E-state index contributed by atoms with van der Waals surface area (Å²) in [4.78, 5) is 16.7. The van der Waals surface area contributed by atoms with Crippen LogP contribution in [-0.4, -0.2) is 24.2 Å². The fraction of sp³-hybridized carbons (Fsp3) is 0.238. The number of carbonyl (C=O) groups excluding carboxylic acids is 1. The predicted molar refractivity (Wildman–Crippen MR) is 103 cm³/mol. The molecular formula is C21H22N2O3. The highest BCUT2D eigenvalue weighted by atomic mass is 16.5. The molecule has 0 fully saturated rings. The summed E-state index contributed by atoms with van der Waals surface area (Å²) in [6.45, 7) is 4.86. The summed E-state index contributed by atoms with van der Waals surface area (Å²) in [5, 5.41) is 4.21. The summed E-state index contributed by atoms with van der Waals surface area (Å²) >= 11 is 0. The molecule has 1 N–H and O–H groups in total. The van der Waals surface area contributed by atoms with Gasteiger partial charge >= 0.3 is 5.97 Å². The lowest BCUT2D eigenvalue weighted by molar-refractivity contribution is 0.0527. The highest BCUT2D eigenvalue weighted by molar-refractivity contribution is 6.05. The van der Waals surface area contributed by atoms with Gasteiger partial charge in [0, 0.05) is 17.3 Å². The van der Waals surface area contributed by atoms with E-state index in [0.29, 0.717) is 24.5 Å². The molecule has 0 saturated carbocycles. The first-order valence-corrected chi connectivity index (χ1v) is 8.77. The largest absolute Gasteiger partial charge is 0.494 e. The minimum atomic E-state index is -0.392. The Bertz CT molecular complexity index is 891. The van der Waals surface area contributed by atoms with E-state index in [4.69, 9.17) is 9.47 Å². The van der Waals surface area contributed by atoms with Crippen molar-refractivity contribution in [3.05, 3.63) is 60.3 Å². The fourth-order valence-electron chi connectivity index (χ4n) is 2.64. The number of carbonyl (C=O) groups is 1. The molecule has 0 aliphatic rings. The van der Waals surface area contributed by atoms with Crippen LogP contribution in [0.4, 0.5) is 11.4 Å². The maximum Gasteiger partial charge on any atom is 0.341 e. The average molecular weight is 350 g/mol. The Hall–Kier alpha value is -3.08. The third kappa shape index (κ3) is 3.94. The fourth-order valence-corrected chi connectivity index (χ4v) is 2.64. The van der Waals surface area contributed by atoms with Gasteiger partial charge in [-0.05, 0) is 43.7 Å². The zero-order valence-electron chi connectivity index (χ0n) is 15.0. The summed E-state index contributed by atoms with van der Waals surface area (Å²) in [7, 11) is 0. The molecule has 0 aliphatic carbocycles. The topological polar surface area (TPSA) is 60.5 Å². The van der Waals surface area contributed by atoms with E-state index in [1.54, 1.807) is 13.1 Å². The van der Waals surface area contributed by atoms with Crippen LogP contribution < -0.4 is 10.1 Å². The van der Waals surface area contributed by atoms with Gasteiger partial charge in [0.05, 0.1) is 24.4 Å². The van der Waals surface area contributed by atoms with E-state index < -0.39 is 5.97 Å². The van der Waals surface area contributed by atoms with Gasteiger partial charge in [0.25, 0.3) is 0 Å². The second-order valence-electron chi connectivity index (χ2n) is 5.78. The molecule has 0 bridgehead atoms. The third-order valence-electron chi connectivity index (χ3n) is 3.87. The van der Waals surface area contributed by atoms with E-state index in [0.717, 1.165) is 28.8 Å². The Labute approximate surface area is 153 Å². The van der Waals surface area contributed by atoms with Crippen LogP contribution in [0.2, 0.25) is 0 Å². The minimum Gasteiger partial charge on any atom is -0.494 e. The maximum absolute atomic E-state index is 12.3. The normalized spacial score (nSPS) is 10.5. The van der Waals surface area contributed by atoms with Crippen LogP contribution in [0.5, 0.6) is 5.75 Å². The lowest BCUT2D eigenvalue weighted by Gasteiger charge is -2.14. The van der Waals surface area contributed by atoms with Crippen molar-refractivity contribution in [2.24, 2.45) is 0 Å². The molecule has 0 atom stereocenters. The van der Waals surface area contributed by atoms with Crippen molar-refractivity contribution >= 4 is 28.2 Å². The van der Waals surface area contributed by atoms with Crippen molar-refractivity contribution in [1.29, 1.82) is 0 Å². The van der Waals surface area contributed by atoms with Gasteiger partial charge in [-0.3, -0.25) is 4.98 Å². The number of anilines is 2. The molecule has 5 nitrogen and oxygen atoms in total. The van der Waals surface area contributed by atoms with Crippen LogP contribution in [0.1, 0.15) is 30.6 Å². The smallest absolute Gasteiger partial charge is 0.341 e. The Morgan fingerprint density at radius 2 is 1.85 bits per heavy atom. The van der Waals surface area contributed by atoms with Crippen molar-refractivity contribution in [3.8, 4) is 5.75 Å². The van der Waals surface area contributed by atoms with Crippen molar-refractivity contribution in [3.63, 3.8) is 0 Å². The van der Waals surface area contributed by atoms with Gasteiger partial charge < -0.3 is 14.8 Å². The van der Waals surface area contributed by atoms with E-state index in [2.05, 4.69) is 17.2 Å². The predicted octanol–water partition coefficient (Wildman–Crippen LogP) is 4.94. The summed E-state index contributed by atoms with van der Waals surface area (Å²) in [5.74, 6) is 0.429. The first kappa shape index (κ1) is 17.7. The highest BCUT2D eigenvalue weighted by Crippen LogP contribution is 2.30. The van der Waals surface area contributed by atoms with E-state index >= 15 is 0 Å². The van der Waals surface area contributed by atoms with E-state index in [-0.39, 0.29) is 0 Å². The molecule has 0 unspecified atom stereocenters. The van der Waals surface area contributed by atoms with Crippen LogP contribution in [0, 0.1) is 0 Å². The number of fused-ring (bicyclic) bond motifs is 1. The molecule has 26 heavy (non-hydrogen) atoms. The number of esters is 1. The second-order valence-corrected chi connectivity index (χ2v) is 5.78. The molecule has 3 aromatic rings. The molecule has 3 rings (SSSR count). The van der Waals surface area contributed by atoms with Crippen LogP contribution in [0.15, 0.2) is 54.7 Å². The number of ether oxygens (including phenoxy) is 2. The average Bonchev–Trinajstić information content (AvgIpc) is 2.68. The zero-order chi connectivity index (χ0) is 18.4. The standard InChI is InChI=1S/C21H22N2O3/c1-3-13-26-16-11-9-15(10-12-16)23-20-17-7-5-6-8-19(17)22-14-18(20)21(24)25-4-2/h5-12,14H,3-4,13H2,1-2H3,(H,22,23). The Kier molecular flexibility index (Phi) is 5.69. The molecule has 5 heteroatoms. The summed E-state index contributed by atoms with van der Waals surface area (Å²) in [6.07, 6.45) is 2.52. The molecule has 0 amide bonds. The van der Waals surface area contributed by atoms with E-state index in [9.17, 15) is 4.79 Å². The summed E-state index contributed by atoms with van der Waals surface area (Å²) < 4.78 is 10.8. The number of benzene rings is 2. The number of rotatable bonds is 7. The number of nitrogens with zero attached hydrogens (tertiary/aromatic N) is 1. The molecule has 1 aromatic heterocycles. The molecule has 0 radical (unpaired) electrons. The Morgan fingerprint density at radius 1 is 1.08 bits per heavy atom. The van der Waals surface area contributed by atoms with Gasteiger partial charge in [0.2, 0.25) is 0 Å². The second kappa shape index (κ2) is 8.34. The van der Waals surface area contributed by atoms with Gasteiger partial charge in [0.15, 0.2) is 0 Å². The summed E-state index contributed by atoms with van der Waals surface area (Å²) in [6, 6.07) is 15.4. The SMILES string of the molecule is CCCOc1ccc(Nc2c(C(=O)OCC)cnc3ccccc23)cc1. The number of nitrogens with one attached hydrogen (secondary N) is 1. The molecule has 0 saturated heterocycles. The van der Waals surface area contributed by atoms with Crippen molar-refractivity contribution < 1.29 is 14.3 Å². The number of aromatic nitrogens is 1.